The Bertz CT molecular complexity index is 613. The third-order valence-electron chi connectivity index (χ3n) is 3.06. The first-order valence-corrected chi connectivity index (χ1v) is 6.51. The lowest BCUT2D eigenvalue weighted by Crippen LogP contribution is -2.30. The summed E-state index contributed by atoms with van der Waals surface area (Å²) in [6.07, 6.45) is 5.31. The van der Waals surface area contributed by atoms with Gasteiger partial charge in [0, 0.05) is 25.5 Å². The minimum atomic E-state index is -0.674. The van der Waals surface area contributed by atoms with E-state index in [1.54, 1.807) is 12.4 Å². The van der Waals surface area contributed by atoms with Crippen molar-refractivity contribution in [2.45, 2.75) is 26.1 Å². The van der Waals surface area contributed by atoms with Crippen LogP contribution in [0.25, 0.3) is 0 Å². The van der Waals surface area contributed by atoms with Crippen molar-refractivity contribution in [2.24, 2.45) is 0 Å². The molecule has 0 saturated heterocycles. The van der Waals surface area contributed by atoms with Crippen LogP contribution < -0.4 is 5.32 Å². The fraction of sp³-hybridized carbons (Fsp3) is 0.385. The average Bonchev–Trinajstić information content (AvgIpc) is 2.89. The van der Waals surface area contributed by atoms with Gasteiger partial charge in [0.15, 0.2) is 0 Å². The quantitative estimate of drug-likeness (QED) is 0.573. The number of nitrogens with zero attached hydrogens (tertiary/aromatic N) is 4. The van der Waals surface area contributed by atoms with Gasteiger partial charge in [-0.1, -0.05) is 0 Å². The number of rotatable bonds is 7. The van der Waals surface area contributed by atoms with E-state index in [9.17, 15) is 15.2 Å². The first kappa shape index (κ1) is 15.1. The van der Waals surface area contributed by atoms with Gasteiger partial charge in [-0.2, -0.15) is 5.10 Å². The van der Waals surface area contributed by atoms with Crippen LogP contribution in [0.5, 0.6) is 0 Å². The molecule has 2 heterocycles. The Morgan fingerprint density at radius 3 is 3.00 bits per heavy atom. The van der Waals surface area contributed by atoms with Gasteiger partial charge in [0.05, 0.1) is 17.6 Å². The van der Waals surface area contributed by atoms with Gasteiger partial charge in [0.25, 0.3) is 0 Å². The third kappa shape index (κ3) is 4.33. The van der Waals surface area contributed by atoms with Gasteiger partial charge in [0.2, 0.25) is 0 Å². The second kappa shape index (κ2) is 6.91. The molecule has 112 valence electrons. The maximum absolute atomic E-state index is 10.5. The van der Waals surface area contributed by atoms with Crippen molar-refractivity contribution < 1.29 is 10.0 Å². The number of aromatic nitrogens is 3. The number of hydrogen-bond acceptors (Lipinski definition) is 6. The smallest absolute Gasteiger partial charge is 0.306 e. The zero-order chi connectivity index (χ0) is 15.2. The first-order valence-electron chi connectivity index (χ1n) is 6.51. The molecule has 0 saturated carbocycles. The Hall–Kier alpha value is -2.32. The number of hydrogen-bond donors (Lipinski definition) is 2. The maximum Gasteiger partial charge on any atom is 0.306 e. The molecule has 1 atom stereocenters. The van der Waals surface area contributed by atoms with Crippen LogP contribution in [-0.4, -0.2) is 37.4 Å². The topological polar surface area (TPSA) is 106 Å². The largest absolute Gasteiger partial charge is 0.390 e. The summed E-state index contributed by atoms with van der Waals surface area (Å²) in [6, 6.07) is 1.92. The summed E-state index contributed by atoms with van der Waals surface area (Å²) >= 11 is 0. The molecule has 2 aromatic rings. The second-order valence-corrected chi connectivity index (χ2v) is 4.76. The number of aryl methyl sites for hydroxylation is 1. The zero-order valence-electron chi connectivity index (χ0n) is 11.6. The van der Waals surface area contributed by atoms with Gasteiger partial charge in [-0.25, -0.2) is 0 Å². The predicted octanol–water partition coefficient (Wildman–Crippen LogP) is 0.645. The first-order chi connectivity index (χ1) is 10.1. The van der Waals surface area contributed by atoms with Crippen LogP contribution in [0.15, 0.2) is 30.9 Å². The summed E-state index contributed by atoms with van der Waals surface area (Å²) in [5.74, 6) is 0. The molecule has 2 rings (SSSR count). The van der Waals surface area contributed by atoms with E-state index in [1.165, 1.54) is 17.1 Å². The van der Waals surface area contributed by atoms with E-state index in [0.29, 0.717) is 13.1 Å². The van der Waals surface area contributed by atoms with E-state index < -0.39 is 11.0 Å². The third-order valence-corrected chi connectivity index (χ3v) is 3.06. The fourth-order valence-electron chi connectivity index (χ4n) is 1.90. The number of aliphatic hydroxyl groups excluding tert-OH is 1. The van der Waals surface area contributed by atoms with Gasteiger partial charge >= 0.3 is 5.69 Å². The highest BCUT2D eigenvalue weighted by atomic mass is 16.6. The number of pyridine rings is 1. The van der Waals surface area contributed by atoms with Crippen molar-refractivity contribution in [3.8, 4) is 0 Å². The molecule has 0 amide bonds. The van der Waals surface area contributed by atoms with Crippen molar-refractivity contribution >= 4 is 5.69 Å². The Morgan fingerprint density at radius 1 is 1.52 bits per heavy atom. The predicted molar refractivity (Wildman–Crippen MR) is 75.6 cm³/mol. The highest BCUT2D eigenvalue weighted by Gasteiger charge is 2.11. The zero-order valence-corrected chi connectivity index (χ0v) is 11.6. The molecule has 0 aromatic carbocycles. The van der Waals surface area contributed by atoms with Crippen molar-refractivity contribution in [1.82, 2.24) is 20.1 Å². The van der Waals surface area contributed by atoms with Crippen molar-refractivity contribution in [3.63, 3.8) is 0 Å². The number of aliphatic hydroxyl groups is 1. The SMILES string of the molecule is Cc1cnccc1CNCC(O)Cn1cc([N+](=O)[O-])cn1. The van der Waals surface area contributed by atoms with E-state index in [1.807, 2.05) is 13.0 Å². The van der Waals surface area contributed by atoms with Crippen LogP contribution in [-0.2, 0) is 13.1 Å². The van der Waals surface area contributed by atoms with Gasteiger partial charge < -0.3 is 10.4 Å². The van der Waals surface area contributed by atoms with Crippen LogP contribution in [0.4, 0.5) is 5.69 Å². The summed E-state index contributed by atoms with van der Waals surface area (Å²) in [6.45, 7) is 3.18. The summed E-state index contributed by atoms with van der Waals surface area (Å²) in [5, 5.41) is 27.4. The molecular weight excluding hydrogens is 274 g/mol. The van der Waals surface area contributed by atoms with Crippen molar-refractivity contribution in [3.05, 3.63) is 52.1 Å². The molecule has 0 spiro atoms. The molecule has 8 heteroatoms. The molecule has 0 fully saturated rings. The molecule has 21 heavy (non-hydrogen) atoms. The van der Waals surface area contributed by atoms with Gasteiger partial charge in [-0.3, -0.25) is 19.8 Å². The van der Waals surface area contributed by atoms with E-state index in [0.717, 1.165) is 11.1 Å². The normalized spacial score (nSPS) is 12.3. The van der Waals surface area contributed by atoms with Crippen LogP contribution in [0.1, 0.15) is 11.1 Å². The number of nitro groups is 1. The van der Waals surface area contributed by atoms with E-state index in [-0.39, 0.29) is 12.2 Å². The van der Waals surface area contributed by atoms with Crippen LogP contribution in [0.3, 0.4) is 0 Å². The Balaban J connectivity index is 1.78. The van der Waals surface area contributed by atoms with Gasteiger partial charge in [0.1, 0.15) is 12.4 Å². The molecule has 0 aliphatic heterocycles. The second-order valence-electron chi connectivity index (χ2n) is 4.76. The molecule has 0 bridgehead atoms. The Labute approximate surface area is 121 Å². The fourth-order valence-corrected chi connectivity index (χ4v) is 1.90. The summed E-state index contributed by atoms with van der Waals surface area (Å²) in [7, 11) is 0. The maximum atomic E-state index is 10.5. The minimum Gasteiger partial charge on any atom is -0.390 e. The van der Waals surface area contributed by atoms with Crippen LogP contribution in [0.2, 0.25) is 0 Å². The standard InChI is InChI=1S/C13H17N5O3/c1-10-4-14-3-2-11(10)5-15-7-13(19)9-17-8-12(6-16-17)18(20)21/h2-4,6,8,13,15,19H,5,7,9H2,1H3. The van der Waals surface area contributed by atoms with Gasteiger partial charge in [-0.05, 0) is 24.1 Å². The summed E-state index contributed by atoms with van der Waals surface area (Å²) in [4.78, 5) is 14.0. The van der Waals surface area contributed by atoms with Crippen molar-refractivity contribution in [2.75, 3.05) is 6.54 Å². The molecule has 0 aliphatic carbocycles. The molecule has 1 unspecified atom stereocenters. The van der Waals surface area contributed by atoms with E-state index >= 15 is 0 Å². The molecule has 8 nitrogen and oxygen atoms in total. The summed E-state index contributed by atoms with van der Waals surface area (Å²) < 4.78 is 1.36. The van der Waals surface area contributed by atoms with E-state index in [2.05, 4.69) is 15.4 Å². The molecular formula is C13H17N5O3. The van der Waals surface area contributed by atoms with Crippen LogP contribution >= 0.6 is 0 Å². The van der Waals surface area contributed by atoms with Crippen LogP contribution in [0, 0.1) is 17.0 Å². The summed E-state index contributed by atoms with van der Waals surface area (Å²) in [5.41, 5.74) is 2.12. The number of nitrogens with one attached hydrogen (secondary N) is 1. The Kier molecular flexibility index (Phi) is 4.96. The molecule has 0 aliphatic rings. The van der Waals surface area contributed by atoms with Gasteiger partial charge in [-0.15, -0.1) is 0 Å². The highest BCUT2D eigenvalue weighted by molar-refractivity contribution is 5.21. The lowest BCUT2D eigenvalue weighted by molar-refractivity contribution is -0.385. The van der Waals surface area contributed by atoms with E-state index in [4.69, 9.17) is 0 Å². The molecule has 0 radical (unpaired) electrons. The van der Waals surface area contributed by atoms with Crippen molar-refractivity contribution in [1.29, 1.82) is 0 Å². The lowest BCUT2D eigenvalue weighted by atomic mass is 10.1. The lowest BCUT2D eigenvalue weighted by Gasteiger charge is -2.12. The highest BCUT2D eigenvalue weighted by Crippen LogP contribution is 2.08. The monoisotopic (exact) mass is 291 g/mol. The molecule has 2 aromatic heterocycles. The molecule has 2 N–H and O–H groups in total. The average molecular weight is 291 g/mol. The minimum absolute atomic E-state index is 0.0810. The Morgan fingerprint density at radius 2 is 2.33 bits per heavy atom.